The number of para-hydroxylation sites is 1. The molecule has 0 radical (unpaired) electrons. The number of benzene rings is 3. The highest BCUT2D eigenvalue weighted by atomic mass is 16.5. The smallest absolute Gasteiger partial charge is 0.338 e. The van der Waals surface area contributed by atoms with E-state index in [1.807, 2.05) is 6.07 Å². The minimum Gasteiger partial charge on any atom is -0.508 e. The van der Waals surface area contributed by atoms with Gasteiger partial charge < -0.3 is 15.2 Å². The number of phenols is 1. The lowest BCUT2D eigenvalue weighted by molar-refractivity contribution is -0.119. The first kappa shape index (κ1) is 17.2. The summed E-state index contributed by atoms with van der Waals surface area (Å²) in [5.74, 6) is -0.765. The summed E-state index contributed by atoms with van der Waals surface area (Å²) in [4.78, 5) is 23.9. The van der Waals surface area contributed by atoms with E-state index in [9.17, 15) is 14.7 Å². The Morgan fingerprint density at radius 1 is 0.808 bits per heavy atom. The normalized spacial score (nSPS) is 10.2. The summed E-state index contributed by atoms with van der Waals surface area (Å²) in [5.41, 5.74) is 2.83. The Morgan fingerprint density at radius 2 is 1.38 bits per heavy atom. The first-order valence-corrected chi connectivity index (χ1v) is 8.03. The molecule has 0 aliphatic heterocycles. The number of phenolic OH excluding ortho intramolecular Hbond substituents is 1. The molecule has 0 heterocycles. The van der Waals surface area contributed by atoms with E-state index < -0.39 is 11.9 Å². The molecule has 0 saturated heterocycles. The fourth-order valence-corrected chi connectivity index (χ4v) is 2.39. The van der Waals surface area contributed by atoms with Gasteiger partial charge in [-0.2, -0.15) is 0 Å². The zero-order valence-electron chi connectivity index (χ0n) is 13.9. The van der Waals surface area contributed by atoms with Crippen LogP contribution in [0, 0.1) is 0 Å². The van der Waals surface area contributed by atoms with E-state index in [0.29, 0.717) is 11.3 Å². The zero-order valence-corrected chi connectivity index (χ0v) is 13.9. The second-order valence-electron chi connectivity index (χ2n) is 5.61. The van der Waals surface area contributed by atoms with Gasteiger partial charge >= 0.3 is 5.97 Å². The predicted octanol–water partition coefficient (Wildman–Crippen LogP) is 3.85. The number of amides is 1. The van der Waals surface area contributed by atoms with Gasteiger partial charge in [0.2, 0.25) is 0 Å². The minimum absolute atomic E-state index is 0.197. The Morgan fingerprint density at radius 3 is 2.00 bits per heavy atom. The lowest BCUT2D eigenvalue weighted by atomic mass is 10.0. The summed E-state index contributed by atoms with van der Waals surface area (Å²) in [6.07, 6.45) is 0. The minimum atomic E-state index is -0.564. The Labute approximate surface area is 150 Å². The van der Waals surface area contributed by atoms with Gasteiger partial charge in [-0.1, -0.05) is 42.5 Å². The van der Waals surface area contributed by atoms with Crippen LogP contribution in [0.4, 0.5) is 5.69 Å². The van der Waals surface area contributed by atoms with Gasteiger partial charge in [0.25, 0.3) is 5.91 Å². The maximum Gasteiger partial charge on any atom is 0.338 e. The molecule has 0 aliphatic rings. The summed E-state index contributed by atoms with van der Waals surface area (Å²) in [5, 5.41) is 12.0. The lowest BCUT2D eigenvalue weighted by Gasteiger charge is -2.07. The van der Waals surface area contributed by atoms with E-state index >= 15 is 0 Å². The summed E-state index contributed by atoms with van der Waals surface area (Å²) in [6, 6.07) is 22.6. The Hall–Kier alpha value is -3.60. The summed E-state index contributed by atoms with van der Waals surface area (Å²) in [6.45, 7) is -0.354. The van der Waals surface area contributed by atoms with Crippen LogP contribution in [-0.2, 0) is 9.53 Å². The molecule has 3 aromatic carbocycles. The number of anilines is 1. The molecule has 5 nitrogen and oxygen atoms in total. The number of nitrogens with one attached hydrogen (secondary N) is 1. The van der Waals surface area contributed by atoms with E-state index in [0.717, 1.165) is 11.1 Å². The maximum absolute atomic E-state index is 12.1. The molecule has 0 unspecified atom stereocenters. The van der Waals surface area contributed by atoms with Crippen LogP contribution in [0.25, 0.3) is 11.1 Å². The van der Waals surface area contributed by atoms with Gasteiger partial charge in [0.15, 0.2) is 6.61 Å². The SMILES string of the molecule is O=C(COC(=O)c1ccc(-c2ccc(O)cc2)cc1)Nc1ccccc1. The molecular weight excluding hydrogens is 330 g/mol. The van der Waals surface area contributed by atoms with Gasteiger partial charge in [-0.25, -0.2) is 4.79 Å². The molecule has 0 fully saturated rings. The predicted molar refractivity (Wildman–Crippen MR) is 98.9 cm³/mol. The molecular formula is C21H17NO4. The van der Waals surface area contributed by atoms with Crippen molar-refractivity contribution in [3.8, 4) is 16.9 Å². The third kappa shape index (κ3) is 4.48. The van der Waals surface area contributed by atoms with Gasteiger partial charge in [0.1, 0.15) is 5.75 Å². The van der Waals surface area contributed by atoms with Crippen molar-refractivity contribution in [3.05, 3.63) is 84.4 Å². The quantitative estimate of drug-likeness (QED) is 0.687. The van der Waals surface area contributed by atoms with Crippen molar-refractivity contribution in [2.24, 2.45) is 0 Å². The molecule has 1 amide bonds. The van der Waals surface area contributed by atoms with Crippen LogP contribution in [0.15, 0.2) is 78.9 Å². The van der Waals surface area contributed by atoms with Crippen molar-refractivity contribution >= 4 is 17.6 Å². The maximum atomic E-state index is 12.1. The molecule has 130 valence electrons. The van der Waals surface area contributed by atoms with Gasteiger partial charge in [-0.05, 0) is 47.5 Å². The molecule has 5 heteroatoms. The van der Waals surface area contributed by atoms with Gasteiger partial charge in [0.05, 0.1) is 5.56 Å². The monoisotopic (exact) mass is 347 g/mol. The molecule has 0 bridgehead atoms. The van der Waals surface area contributed by atoms with Crippen molar-refractivity contribution < 1.29 is 19.4 Å². The van der Waals surface area contributed by atoms with E-state index in [2.05, 4.69) is 5.32 Å². The summed E-state index contributed by atoms with van der Waals surface area (Å²) >= 11 is 0. The number of hydrogen-bond acceptors (Lipinski definition) is 4. The number of carbonyl (C=O) groups excluding carboxylic acids is 2. The zero-order chi connectivity index (χ0) is 18.4. The van der Waals surface area contributed by atoms with Crippen LogP contribution >= 0.6 is 0 Å². The average molecular weight is 347 g/mol. The largest absolute Gasteiger partial charge is 0.508 e. The fraction of sp³-hybridized carbons (Fsp3) is 0.0476. The molecule has 0 saturated carbocycles. The van der Waals surface area contributed by atoms with Crippen LogP contribution in [0.3, 0.4) is 0 Å². The summed E-state index contributed by atoms with van der Waals surface area (Å²) in [7, 11) is 0. The van der Waals surface area contributed by atoms with Crippen LogP contribution in [0.5, 0.6) is 5.75 Å². The Bertz CT molecular complexity index is 888. The van der Waals surface area contributed by atoms with Gasteiger partial charge in [-0.15, -0.1) is 0 Å². The number of ether oxygens (including phenoxy) is 1. The molecule has 3 aromatic rings. The Kier molecular flexibility index (Phi) is 5.29. The number of carbonyl (C=O) groups is 2. The number of esters is 1. The van der Waals surface area contributed by atoms with Crippen LogP contribution in [-0.4, -0.2) is 23.6 Å². The van der Waals surface area contributed by atoms with E-state index in [4.69, 9.17) is 4.74 Å². The molecule has 0 atom stereocenters. The molecule has 26 heavy (non-hydrogen) atoms. The third-order valence-corrected chi connectivity index (χ3v) is 3.71. The van der Waals surface area contributed by atoms with E-state index in [1.54, 1.807) is 72.8 Å². The first-order valence-electron chi connectivity index (χ1n) is 8.03. The molecule has 3 rings (SSSR count). The van der Waals surface area contributed by atoms with Gasteiger partial charge in [0, 0.05) is 5.69 Å². The first-order chi connectivity index (χ1) is 12.6. The van der Waals surface area contributed by atoms with Crippen molar-refractivity contribution in [1.29, 1.82) is 0 Å². The van der Waals surface area contributed by atoms with Crippen molar-refractivity contribution in [2.45, 2.75) is 0 Å². The highest BCUT2D eigenvalue weighted by Gasteiger charge is 2.10. The highest BCUT2D eigenvalue weighted by molar-refractivity contribution is 5.95. The van der Waals surface area contributed by atoms with Crippen molar-refractivity contribution in [3.63, 3.8) is 0 Å². The van der Waals surface area contributed by atoms with Gasteiger partial charge in [-0.3, -0.25) is 4.79 Å². The number of hydrogen-bond donors (Lipinski definition) is 2. The second-order valence-corrected chi connectivity index (χ2v) is 5.61. The number of aromatic hydroxyl groups is 1. The van der Waals surface area contributed by atoms with Crippen LogP contribution < -0.4 is 5.32 Å². The fourth-order valence-electron chi connectivity index (χ4n) is 2.39. The topological polar surface area (TPSA) is 75.6 Å². The number of rotatable bonds is 5. The third-order valence-electron chi connectivity index (χ3n) is 3.71. The second kappa shape index (κ2) is 7.98. The highest BCUT2D eigenvalue weighted by Crippen LogP contribution is 2.22. The van der Waals surface area contributed by atoms with Crippen LogP contribution in [0.1, 0.15) is 10.4 Å². The molecule has 0 aliphatic carbocycles. The Balaban J connectivity index is 1.56. The van der Waals surface area contributed by atoms with Crippen molar-refractivity contribution in [2.75, 3.05) is 11.9 Å². The van der Waals surface area contributed by atoms with E-state index in [1.165, 1.54) is 0 Å². The average Bonchev–Trinajstić information content (AvgIpc) is 2.68. The standard InChI is InChI=1S/C21H17NO4/c23-19-12-10-16(11-13-19)15-6-8-17(9-7-15)21(25)26-14-20(24)22-18-4-2-1-3-5-18/h1-13,23H,14H2,(H,22,24). The van der Waals surface area contributed by atoms with Crippen LogP contribution in [0.2, 0.25) is 0 Å². The molecule has 0 aromatic heterocycles. The summed E-state index contributed by atoms with van der Waals surface area (Å²) < 4.78 is 5.04. The molecule has 0 spiro atoms. The lowest BCUT2D eigenvalue weighted by Crippen LogP contribution is -2.20. The van der Waals surface area contributed by atoms with Crippen molar-refractivity contribution in [1.82, 2.24) is 0 Å². The van der Waals surface area contributed by atoms with E-state index in [-0.39, 0.29) is 12.4 Å². The molecule has 2 N–H and O–H groups in total.